The third kappa shape index (κ3) is 2.28. The van der Waals surface area contributed by atoms with Crippen LogP contribution in [-0.2, 0) is 9.84 Å². The molecule has 0 aromatic heterocycles. The van der Waals surface area contributed by atoms with Gasteiger partial charge in [0.15, 0.2) is 0 Å². The number of hydrogen-bond acceptors (Lipinski definition) is 3. The van der Waals surface area contributed by atoms with E-state index in [0.717, 1.165) is 10.8 Å². The van der Waals surface area contributed by atoms with Gasteiger partial charge in [0.2, 0.25) is 9.84 Å². The maximum atomic E-state index is 12.8. The second-order valence-corrected chi connectivity index (χ2v) is 6.90. The fraction of sp³-hybridized carbons (Fsp3) is 0.0588. The zero-order valence-corrected chi connectivity index (χ0v) is 12.4. The molecule has 4 heteroatoms. The second kappa shape index (κ2) is 4.90. The Hall–Kier alpha value is -2.33. The van der Waals surface area contributed by atoms with E-state index >= 15 is 0 Å². The lowest BCUT2D eigenvalue weighted by Gasteiger charge is -2.10. The summed E-state index contributed by atoms with van der Waals surface area (Å²) in [5.74, 6) is 0. The molecule has 3 aromatic carbocycles. The summed E-state index contributed by atoms with van der Waals surface area (Å²) in [6.45, 7) is 1.73. The zero-order valence-electron chi connectivity index (χ0n) is 11.6. The molecule has 0 spiro atoms. The molecule has 106 valence electrons. The number of hydrogen-bond donors (Lipinski definition) is 1. The average Bonchev–Trinajstić information content (AvgIpc) is 2.49. The highest BCUT2D eigenvalue weighted by atomic mass is 32.2. The second-order valence-electron chi connectivity index (χ2n) is 4.98. The van der Waals surface area contributed by atoms with E-state index in [4.69, 9.17) is 5.73 Å². The van der Waals surface area contributed by atoms with E-state index in [1.807, 2.05) is 30.3 Å². The molecule has 0 amide bonds. The van der Waals surface area contributed by atoms with Crippen LogP contribution in [0.3, 0.4) is 0 Å². The van der Waals surface area contributed by atoms with Crippen LogP contribution in [0.4, 0.5) is 5.69 Å². The standard InChI is InChI=1S/C17H15NO2S/c1-12-16(18)7-4-8-17(12)21(19,20)15-10-9-13-5-2-3-6-14(13)11-15/h2-11H,18H2,1H3. The lowest BCUT2D eigenvalue weighted by Crippen LogP contribution is -2.05. The average molecular weight is 297 g/mol. The number of anilines is 1. The van der Waals surface area contributed by atoms with Crippen molar-refractivity contribution in [3.8, 4) is 0 Å². The summed E-state index contributed by atoms with van der Waals surface area (Å²) in [5, 5.41) is 1.92. The summed E-state index contributed by atoms with van der Waals surface area (Å²) >= 11 is 0. The van der Waals surface area contributed by atoms with Crippen LogP contribution in [0.15, 0.2) is 70.5 Å². The first-order valence-corrected chi connectivity index (χ1v) is 8.07. The summed E-state index contributed by atoms with van der Waals surface area (Å²) in [6.07, 6.45) is 0. The van der Waals surface area contributed by atoms with Crippen molar-refractivity contribution < 1.29 is 8.42 Å². The van der Waals surface area contributed by atoms with E-state index in [9.17, 15) is 8.42 Å². The Kier molecular flexibility index (Phi) is 3.18. The lowest BCUT2D eigenvalue weighted by molar-refractivity contribution is 0.595. The van der Waals surface area contributed by atoms with Crippen molar-refractivity contribution in [2.75, 3.05) is 5.73 Å². The number of rotatable bonds is 2. The van der Waals surface area contributed by atoms with Crippen LogP contribution in [-0.4, -0.2) is 8.42 Å². The molecule has 3 nitrogen and oxygen atoms in total. The molecule has 0 saturated heterocycles. The van der Waals surface area contributed by atoms with E-state index in [2.05, 4.69) is 0 Å². The summed E-state index contributed by atoms with van der Waals surface area (Å²) in [5.41, 5.74) is 6.89. The molecule has 21 heavy (non-hydrogen) atoms. The molecule has 0 aliphatic heterocycles. The molecular formula is C17H15NO2S. The van der Waals surface area contributed by atoms with Gasteiger partial charge < -0.3 is 5.73 Å². The zero-order chi connectivity index (χ0) is 15.0. The van der Waals surface area contributed by atoms with Gasteiger partial charge in [0, 0.05) is 5.69 Å². The van der Waals surface area contributed by atoms with Gasteiger partial charge in [-0.3, -0.25) is 0 Å². The first kappa shape index (κ1) is 13.6. The van der Waals surface area contributed by atoms with Gasteiger partial charge in [-0.1, -0.05) is 36.4 Å². The van der Waals surface area contributed by atoms with E-state index in [1.165, 1.54) is 0 Å². The summed E-state index contributed by atoms with van der Waals surface area (Å²) in [4.78, 5) is 0.549. The smallest absolute Gasteiger partial charge is 0.206 e. The molecule has 0 bridgehead atoms. The molecule has 3 aromatic rings. The molecule has 0 saturated carbocycles. The van der Waals surface area contributed by atoms with Crippen LogP contribution in [0.2, 0.25) is 0 Å². The topological polar surface area (TPSA) is 60.2 Å². The first-order valence-electron chi connectivity index (χ1n) is 6.59. The van der Waals surface area contributed by atoms with Crippen LogP contribution >= 0.6 is 0 Å². The van der Waals surface area contributed by atoms with Crippen LogP contribution in [0.1, 0.15) is 5.56 Å². The number of nitrogens with two attached hydrogens (primary N) is 1. The van der Waals surface area contributed by atoms with Crippen molar-refractivity contribution in [1.29, 1.82) is 0 Å². The summed E-state index contributed by atoms with van der Waals surface area (Å²) in [6, 6.07) is 17.8. The highest BCUT2D eigenvalue weighted by Gasteiger charge is 2.20. The van der Waals surface area contributed by atoms with Crippen molar-refractivity contribution in [2.45, 2.75) is 16.7 Å². The number of sulfone groups is 1. The quantitative estimate of drug-likeness (QED) is 0.736. The Balaban J connectivity index is 2.22. The van der Waals surface area contributed by atoms with Gasteiger partial charge in [0.25, 0.3) is 0 Å². The van der Waals surface area contributed by atoms with E-state index < -0.39 is 9.84 Å². The maximum Gasteiger partial charge on any atom is 0.206 e. The van der Waals surface area contributed by atoms with Crippen LogP contribution in [0.5, 0.6) is 0 Å². The van der Waals surface area contributed by atoms with Crippen molar-refractivity contribution in [1.82, 2.24) is 0 Å². The summed E-state index contributed by atoms with van der Waals surface area (Å²) < 4.78 is 25.6. The number of benzene rings is 3. The molecule has 0 radical (unpaired) electrons. The molecule has 0 heterocycles. The normalized spacial score (nSPS) is 11.7. The molecular weight excluding hydrogens is 282 g/mol. The largest absolute Gasteiger partial charge is 0.398 e. The Morgan fingerprint density at radius 2 is 1.57 bits per heavy atom. The fourth-order valence-electron chi connectivity index (χ4n) is 2.38. The molecule has 0 fully saturated rings. The molecule has 0 unspecified atom stereocenters. The summed E-state index contributed by atoms with van der Waals surface area (Å²) in [7, 11) is -3.56. The Morgan fingerprint density at radius 1 is 0.857 bits per heavy atom. The molecule has 0 aliphatic rings. The van der Waals surface area contributed by atoms with Crippen molar-refractivity contribution in [2.24, 2.45) is 0 Å². The minimum Gasteiger partial charge on any atom is -0.398 e. The number of nitrogen functional groups attached to an aromatic ring is 1. The van der Waals surface area contributed by atoms with Crippen molar-refractivity contribution in [3.05, 3.63) is 66.2 Å². The van der Waals surface area contributed by atoms with Crippen molar-refractivity contribution >= 4 is 26.3 Å². The highest BCUT2D eigenvalue weighted by Crippen LogP contribution is 2.28. The molecule has 3 rings (SSSR count). The third-order valence-electron chi connectivity index (χ3n) is 3.65. The van der Waals surface area contributed by atoms with Crippen molar-refractivity contribution in [3.63, 3.8) is 0 Å². The van der Waals surface area contributed by atoms with Crippen LogP contribution in [0, 0.1) is 6.92 Å². The van der Waals surface area contributed by atoms with Crippen LogP contribution < -0.4 is 5.73 Å². The maximum absolute atomic E-state index is 12.8. The van der Waals surface area contributed by atoms with E-state index in [0.29, 0.717) is 11.3 Å². The van der Waals surface area contributed by atoms with Gasteiger partial charge in [-0.05, 0) is 47.5 Å². The molecule has 0 aliphatic carbocycles. The Morgan fingerprint density at radius 3 is 2.33 bits per heavy atom. The van der Waals surface area contributed by atoms with Gasteiger partial charge in [-0.2, -0.15) is 0 Å². The third-order valence-corrected chi connectivity index (χ3v) is 5.54. The van der Waals surface area contributed by atoms with E-state index in [-0.39, 0.29) is 9.79 Å². The van der Waals surface area contributed by atoms with Gasteiger partial charge >= 0.3 is 0 Å². The van der Waals surface area contributed by atoms with Gasteiger partial charge in [-0.25, -0.2) is 8.42 Å². The lowest BCUT2D eigenvalue weighted by atomic mass is 10.1. The van der Waals surface area contributed by atoms with Gasteiger partial charge in [-0.15, -0.1) is 0 Å². The van der Waals surface area contributed by atoms with Gasteiger partial charge in [0.05, 0.1) is 9.79 Å². The monoisotopic (exact) mass is 297 g/mol. The predicted molar refractivity (Wildman–Crippen MR) is 85.0 cm³/mol. The minimum atomic E-state index is -3.56. The van der Waals surface area contributed by atoms with Gasteiger partial charge in [0.1, 0.15) is 0 Å². The fourth-order valence-corrected chi connectivity index (χ4v) is 3.95. The SMILES string of the molecule is Cc1c(N)cccc1S(=O)(=O)c1ccc2ccccc2c1. The molecule has 0 atom stereocenters. The molecule has 2 N–H and O–H groups in total. The predicted octanol–water partition coefficient (Wildman–Crippen LogP) is 3.56. The first-order chi connectivity index (χ1) is 10.00. The highest BCUT2D eigenvalue weighted by molar-refractivity contribution is 7.91. The Bertz CT molecular complexity index is 930. The van der Waals surface area contributed by atoms with E-state index in [1.54, 1.807) is 37.3 Å². The number of fused-ring (bicyclic) bond motifs is 1. The minimum absolute atomic E-state index is 0.262. The Labute approximate surface area is 124 Å². The van der Waals surface area contributed by atoms with Crippen LogP contribution in [0.25, 0.3) is 10.8 Å².